The molecule has 3 rings (SSSR count). The Morgan fingerprint density at radius 2 is 1.69 bits per heavy atom. The van der Waals surface area contributed by atoms with Crippen molar-refractivity contribution in [3.05, 3.63) is 71.8 Å². The molecule has 0 radical (unpaired) electrons. The minimum atomic E-state index is -0.547. The zero-order chi connectivity index (χ0) is 21.1. The first-order valence-corrected chi connectivity index (χ1v) is 9.93. The second-order valence-corrected chi connectivity index (χ2v) is 8.73. The molecular weight excluding hydrogens is 362 g/mol. The molecule has 0 fully saturated rings. The smallest absolute Gasteiger partial charge is 0.353 e. The van der Waals surface area contributed by atoms with Gasteiger partial charge >= 0.3 is 5.97 Å². The van der Waals surface area contributed by atoms with Gasteiger partial charge in [-0.2, -0.15) is 0 Å². The highest BCUT2D eigenvalue weighted by atomic mass is 16.6. The lowest BCUT2D eigenvalue weighted by Crippen LogP contribution is -2.39. The summed E-state index contributed by atoms with van der Waals surface area (Å²) in [5.41, 5.74) is 2.64. The normalized spacial score (nSPS) is 15.9. The van der Waals surface area contributed by atoms with Crippen molar-refractivity contribution >= 4 is 17.3 Å². The molecule has 0 amide bonds. The van der Waals surface area contributed by atoms with Gasteiger partial charge in [0.1, 0.15) is 23.7 Å². The van der Waals surface area contributed by atoms with Crippen LogP contribution in [0.2, 0.25) is 0 Å². The lowest BCUT2D eigenvalue weighted by Gasteiger charge is -2.33. The summed E-state index contributed by atoms with van der Waals surface area (Å²) in [5, 5.41) is 0. The Morgan fingerprint density at radius 1 is 1.03 bits per heavy atom. The summed E-state index contributed by atoms with van der Waals surface area (Å²) >= 11 is 0. The summed E-state index contributed by atoms with van der Waals surface area (Å²) in [7, 11) is 0. The standard InChI is InChI=1S/C25H29NO3/c1-24(2,3)29-23(27)22-25(4,5)21(15-16-26-22)19-11-13-20(14-12-19)28-17-18-9-7-6-8-10-18/h6-15H,16-17H2,1-5H3. The molecule has 4 nitrogen and oxygen atoms in total. The van der Waals surface area contributed by atoms with E-state index < -0.39 is 11.0 Å². The van der Waals surface area contributed by atoms with E-state index in [1.165, 1.54) is 0 Å². The van der Waals surface area contributed by atoms with Gasteiger partial charge in [-0.25, -0.2) is 4.79 Å². The molecular formula is C25H29NO3. The second-order valence-electron chi connectivity index (χ2n) is 8.73. The number of allylic oxidation sites excluding steroid dienone is 1. The van der Waals surface area contributed by atoms with Crippen molar-refractivity contribution in [2.75, 3.05) is 6.54 Å². The van der Waals surface area contributed by atoms with Crippen molar-refractivity contribution in [2.24, 2.45) is 10.4 Å². The van der Waals surface area contributed by atoms with Crippen molar-refractivity contribution in [2.45, 2.75) is 46.8 Å². The predicted molar refractivity (Wildman–Crippen MR) is 117 cm³/mol. The molecule has 0 atom stereocenters. The fourth-order valence-corrected chi connectivity index (χ4v) is 3.41. The number of carbonyl (C=O) groups is 1. The summed E-state index contributed by atoms with van der Waals surface area (Å²) in [6.45, 7) is 10.6. The number of benzene rings is 2. The maximum atomic E-state index is 12.7. The maximum Gasteiger partial charge on any atom is 0.353 e. The molecule has 2 aromatic carbocycles. The first-order valence-electron chi connectivity index (χ1n) is 9.93. The van der Waals surface area contributed by atoms with E-state index in [1.807, 2.05) is 89.2 Å². The number of esters is 1. The Hall–Kier alpha value is -2.88. The SMILES string of the molecule is CC(C)(C)OC(=O)C1=NCC=C(c2ccc(OCc3ccccc3)cc2)C1(C)C. The fraction of sp³-hybridized carbons (Fsp3) is 0.360. The fourth-order valence-electron chi connectivity index (χ4n) is 3.41. The van der Waals surface area contributed by atoms with Gasteiger partial charge in [-0.15, -0.1) is 0 Å². The molecule has 29 heavy (non-hydrogen) atoms. The molecule has 0 bridgehead atoms. The van der Waals surface area contributed by atoms with Gasteiger partial charge in [-0.05, 0) is 63.5 Å². The van der Waals surface area contributed by atoms with E-state index in [9.17, 15) is 4.79 Å². The van der Waals surface area contributed by atoms with E-state index in [1.54, 1.807) is 0 Å². The van der Waals surface area contributed by atoms with Crippen LogP contribution < -0.4 is 4.74 Å². The Bertz CT molecular complexity index is 917. The number of hydrogen-bond donors (Lipinski definition) is 0. The molecule has 0 unspecified atom stereocenters. The van der Waals surface area contributed by atoms with E-state index >= 15 is 0 Å². The van der Waals surface area contributed by atoms with Gasteiger partial charge in [0.05, 0.1) is 6.54 Å². The number of carbonyl (C=O) groups excluding carboxylic acids is 1. The van der Waals surface area contributed by atoms with Crippen LogP contribution in [0.15, 0.2) is 65.7 Å². The van der Waals surface area contributed by atoms with Crippen molar-refractivity contribution in [1.29, 1.82) is 0 Å². The highest BCUT2D eigenvalue weighted by Gasteiger charge is 2.38. The molecule has 0 saturated heterocycles. The minimum Gasteiger partial charge on any atom is -0.489 e. The highest BCUT2D eigenvalue weighted by Crippen LogP contribution is 2.39. The van der Waals surface area contributed by atoms with Crippen LogP contribution >= 0.6 is 0 Å². The summed E-state index contributed by atoms with van der Waals surface area (Å²) in [6, 6.07) is 18.1. The third kappa shape index (κ3) is 5.14. The monoisotopic (exact) mass is 391 g/mol. The van der Waals surface area contributed by atoms with E-state index in [-0.39, 0.29) is 5.97 Å². The molecule has 0 saturated carbocycles. The maximum absolute atomic E-state index is 12.7. The van der Waals surface area contributed by atoms with Crippen molar-refractivity contribution in [3.8, 4) is 5.75 Å². The molecule has 0 aliphatic carbocycles. The van der Waals surface area contributed by atoms with Gasteiger partial charge < -0.3 is 9.47 Å². The third-order valence-electron chi connectivity index (χ3n) is 4.82. The summed E-state index contributed by atoms with van der Waals surface area (Å²) in [6.07, 6.45) is 2.08. The second kappa shape index (κ2) is 8.24. The highest BCUT2D eigenvalue weighted by molar-refractivity contribution is 6.41. The lowest BCUT2D eigenvalue weighted by molar-refractivity contribution is -0.146. The largest absolute Gasteiger partial charge is 0.489 e. The number of ether oxygens (including phenoxy) is 2. The van der Waals surface area contributed by atoms with E-state index in [0.717, 1.165) is 22.4 Å². The van der Waals surface area contributed by atoms with Crippen LogP contribution in [-0.2, 0) is 16.1 Å². The third-order valence-corrected chi connectivity index (χ3v) is 4.82. The summed E-state index contributed by atoms with van der Waals surface area (Å²) in [5.74, 6) is 0.462. The summed E-state index contributed by atoms with van der Waals surface area (Å²) in [4.78, 5) is 17.1. The van der Waals surface area contributed by atoms with Crippen LogP contribution in [-0.4, -0.2) is 23.8 Å². The van der Waals surface area contributed by atoms with Crippen LogP contribution in [0, 0.1) is 5.41 Å². The van der Waals surface area contributed by atoms with Crippen molar-refractivity contribution < 1.29 is 14.3 Å². The summed E-state index contributed by atoms with van der Waals surface area (Å²) < 4.78 is 11.5. The Morgan fingerprint density at radius 3 is 2.31 bits per heavy atom. The minimum absolute atomic E-state index is 0.351. The molecule has 1 heterocycles. The number of nitrogens with zero attached hydrogens (tertiary/aromatic N) is 1. The number of hydrogen-bond acceptors (Lipinski definition) is 4. The molecule has 0 aromatic heterocycles. The van der Waals surface area contributed by atoms with Crippen molar-refractivity contribution in [1.82, 2.24) is 0 Å². The van der Waals surface area contributed by atoms with E-state index in [4.69, 9.17) is 9.47 Å². The average molecular weight is 392 g/mol. The number of aliphatic imine (C=N–C) groups is 1. The zero-order valence-corrected chi connectivity index (χ0v) is 17.9. The molecule has 4 heteroatoms. The average Bonchev–Trinajstić information content (AvgIpc) is 2.66. The van der Waals surface area contributed by atoms with E-state index in [0.29, 0.717) is 18.9 Å². The van der Waals surface area contributed by atoms with Crippen molar-refractivity contribution in [3.63, 3.8) is 0 Å². The first-order chi connectivity index (χ1) is 13.7. The first kappa shape index (κ1) is 20.8. The predicted octanol–water partition coefficient (Wildman–Crippen LogP) is 5.47. The van der Waals surface area contributed by atoms with Gasteiger partial charge in [0, 0.05) is 5.41 Å². The van der Waals surface area contributed by atoms with Crippen LogP contribution in [0.1, 0.15) is 45.7 Å². The molecule has 0 spiro atoms. The van der Waals surface area contributed by atoms with Gasteiger partial charge in [0.15, 0.2) is 0 Å². The lowest BCUT2D eigenvalue weighted by atomic mass is 9.74. The molecule has 0 N–H and O–H groups in total. The Balaban J connectivity index is 1.73. The molecule has 1 aliphatic rings. The van der Waals surface area contributed by atoms with Gasteiger partial charge in [0.25, 0.3) is 0 Å². The van der Waals surface area contributed by atoms with Gasteiger partial charge in [-0.1, -0.05) is 48.5 Å². The number of dihydropyridines is 1. The van der Waals surface area contributed by atoms with Crippen LogP contribution in [0.4, 0.5) is 0 Å². The number of rotatable bonds is 5. The van der Waals surface area contributed by atoms with E-state index in [2.05, 4.69) is 11.1 Å². The molecule has 152 valence electrons. The zero-order valence-electron chi connectivity index (χ0n) is 17.9. The van der Waals surface area contributed by atoms with Crippen LogP contribution in [0.5, 0.6) is 5.75 Å². The van der Waals surface area contributed by atoms with Gasteiger partial charge in [0.2, 0.25) is 0 Å². The molecule has 1 aliphatic heterocycles. The quantitative estimate of drug-likeness (QED) is 0.635. The molecule has 2 aromatic rings. The van der Waals surface area contributed by atoms with Crippen LogP contribution in [0.25, 0.3) is 5.57 Å². The van der Waals surface area contributed by atoms with Crippen LogP contribution in [0.3, 0.4) is 0 Å². The Labute approximate surface area is 173 Å². The van der Waals surface area contributed by atoms with Gasteiger partial charge in [-0.3, -0.25) is 4.99 Å². The topological polar surface area (TPSA) is 47.9 Å². The Kier molecular flexibility index (Phi) is 5.92.